The molecule has 25 heavy (non-hydrogen) atoms. The Kier molecular flexibility index (Phi) is 4.89. The van der Waals surface area contributed by atoms with Crippen LogP contribution in [0.2, 0.25) is 0 Å². The van der Waals surface area contributed by atoms with Gasteiger partial charge in [0.25, 0.3) is 0 Å². The number of pyridine rings is 1. The van der Waals surface area contributed by atoms with Crippen LogP contribution in [-0.4, -0.2) is 39.8 Å². The normalized spacial score (nSPS) is 27.1. The first-order valence-electron chi connectivity index (χ1n) is 9.01. The first kappa shape index (κ1) is 18.0. The number of carbonyl (C=O) groups is 1. The van der Waals surface area contributed by atoms with Gasteiger partial charge in [0, 0.05) is 37.2 Å². The molecule has 5 nitrogen and oxygen atoms in total. The molecule has 0 aliphatic carbocycles. The van der Waals surface area contributed by atoms with Crippen LogP contribution in [-0.2, 0) is 4.74 Å². The largest absolute Gasteiger partial charge is 0.474 e. The number of carbonyl (C=O) groups excluding carboxylic acids is 1. The standard InChI is InChI=1S/C19H27FN2O3/c1-12(20)13-7-8-21-17(9-13)24-16-10-14-5-6-15(11-16)22(14)18(23)25-19(2,3)4/h7-9,12,14-16H,5-6,10-11H2,1-4H3/t12?,14-,15+,16?. The number of piperidine rings is 1. The molecule has 3 rings (SSSR count). The summed E-state index contributed by atoms with van der Waals surface area (Å²) in [6.07, 6.45) is 3.75. The fraction of sp³-hybridized carbons (Fsp3) is 0.684. The molecule has 2 saturated heterocycles. The van der Waals surface area contributed by atoms with E-state index in [0.29, 0.717) is 11.4 Å². The van der Waals surface area contributed by atoms with Gasteiger partial charge < -0.3 is 14.4 Å². The zero-order chi connectivity index (χ0) is 18.2. The fourth-order valence-electron chi connectivity index (χ4n) is 3.74. The molecule has 0 N–H and O–H groups in total. The molecule has 2 aliphatic heterocycles. The Hall–Kier alpha value is -1.85. The first-order valence-corrected chi connectivity index (χ1v) is 9.01. The van der Waals surface area contributed by atoms with Crippen LogP contribution in [0.4, 0.5) is 9.18 Å². The van der Waals surface area contributed by atoms with E-state index >= 15 is 0 Å². The van der Waals surface area contributed by atoms with Crippen LogP contribution in [0, 0.1) is 0 Å². The lowest BCUT2D eigenvalue weighted by Gasteiger charge is -2.39. The molecular formula is C19H27FN2O3. The number of nitrogens with zero attached hydrogens (tertiary/aromatic N) is 2. The third-order valence-corrected chi connectivity index (χ3v) is 4.80. The lowest BCUT2D eigenvalue weighted by atomic mass is 10.00. The minimum Gasteiger partial charge on any atom is -0.474 e. The zero-order valence-corrected chi connectivity index (χ0v) is 15.4. The highest BCUT2D eigenvalue weighted by Gasteiger charge is 2.45. The predicted molar refractivity (Wildman–Crippen MR) is 92.3 cm³/mol. The number of hydrogen-bond donors (Lipinski definition) is 0. The topological polar surface area (TPSA) is 51.7 Å². The summed E-state index contributed by atoms with van der Waals surface area (Å²) in [5.74, 6) is 0.456. The highest BCUT2D eigenvalue weighted by molar-refractivity contribution is 5.69. The van der Waals surface area contributed by atoms with Gasteiger partial charge in [-0.1, -0.05) is 0 Å². The van der Waals surface area contributed by atoms with Crippen molar-refractivity contribution in [3.63, 3.8) is 0 Å². The minimum atomic E-state index is -1.05. The SMILES string of the molecule is CC(F)c1ccnc(OC2C[C@H]3CC[C@@H](C2)N3C(=O)OC(C)(C)C)c1. The monoisotopic (exact) mass is 350 g/mol. The van der Waals surface area contributed by atoms with Crippen molar-refractivity contribution in [2.24, 2.45) is 0 Å². The summed E-state index contributed by atoms with van der Waals surface area (Å²) >= 11 is 0. The van der Waals surface area contributed by atoms with Crippen molar-refractivity contribution in [3.05, 3.63) is 23.9 Å². The van der Waals surface area contributed by atoms with Gasteiger partial charge >= 0.3 is 6.09 Å². The molecule has 138 valence electrons. The number of amides is 1. The Morgan fingerprint density at radius 1 is 1.32 bits per heavy atom. The van der Waals surface area contributed by atoms with Gasteiger partial charge in [0.2, 0.25) is 5.88 Å². The van der Waals surface area contributed by atoms with E-state index in [1.54, 1.807) is 18.3 Å². The van der Waals surface area contributed by atoms with Gasteiger partial charge in [0.05, 0.1) is 0 Å². The van der Waals surface area contributed by atoms with Crippen LogP contribution >= 0.6 is 0 Å². The summed E-state index contributed by atoms with van der Waals surface area (Å²) in [5, 5.41) is 0. The molecule has 2 unspecified atom stereocenters. The molecule has 0 radical (unpaired) electrons. The number of rotatable bonds is 3. The summed E-state index contributed by atoms with van der Waals surface area (Å²) < 4.78 is 25.0. The van der Waals surface area contributed by atoms with E-state index < -0.39 is 11.8 Å². The van der Waals surface area contributed by atoms with Crippen LogP contribution in [0.25, 0.3) is 0 Å². The Balaban J connectivity index is 1.64. The second-order valence-electron chi connectivity index (χ2n) is 8.03. The second kappa shape index (κ2) is 6.81. The Bertz CT molecular complexity index is 615. The van der Waals surface area contributed by atoms with Crippen LogP contribution in [0.15, 0.2) is 18.3 Å². The maximum Gasteiger partial charge on any atom is 0.410 e. The molecule has 0 aromatic carbocycles. The summed E-state index contributed by atoms with van der Waals surface area (Å²) in [4.78, 5) is 18.6. The van der Waals surface area contributed by atoms with Crippen molar-refractivity contribution >= 4 is 6.09 Å². The maximum absolute atomic E-state index is 13.5. The van der Waals surface area contributed by atoms with Gasteiger partial charge in [-0.3, -0.25) is 0 Å². The van der Waals surface area contributed by atoms with Crippen molar-refractivity contribution in [1.29, 1.82) is 0 Å². The zero-order valence-electron chi connectivity index (χ0n) is 15.4. The number of aromatic nitrogens is 1. The first-order chi connectivity index (χ1) is 11.7. The average Bonchev–Trinajstić information content (AvgIpc) is 2.77. The molecular weight excluding hydrogens is 323 g/mol. The molecule has 2 aliphatic rings. The maximum atomic E-state index is 13.5. The van der Waals surface area contributed by atoms with Crippen molar-refractivity contribution < 1.29 is 18.7 Å². The van der Waals surface area contributed by atoms with Gasteiger partial charge in [-0.15, -0.1) is 0 Å². The minimum absolute atomic E-state index is 0.00569. The summed E-state index contributed by atoms with van der Waals surface area (Å²) in [6.45, 7) is 7.15. The number of hydrogen-bond acceptors (Lipinski definition) is 4. The fourth-order valence-corrected chi connectivity index (χ4v) is 3.74. The van der Waals surface area contributed by atoms with Gasteiger partial charge in [0.1, 0.15) is 17.9 Å². The molecule has 1 aromatic rings. The average molecular weight is 350 g/mol. The quantitative estimate of drug-likeness (QED) is 0.810. The van der Waals surface area contributed by atoms with Crippen LogP contribution < -0.4 is 4.74 Å². The van der Waals surface area contributed by atoms with E-state index in [0.717, 1.165) is 25.7 Å². The van der Waals surface area contributed by atoms with Crippen molar-refractivity contribution in [1.82, 2.24) is 9.88 Å². The van der Waals surface area contributed by atoms with E-state index in [1.165, 1.54) is 6.92 Å². The predicted octanol–water partition coefficient (Wildman–Crippen LogP) is 4.42. The van der Waals surface area contributed by atoms with Crippen molar-refractivity contribution in [2.45, 2.75) is 83.3 Å². The third-order valence-electron chi connectivity index (χ3n) is 4.80. The summed E-state index contributed by atoms with van der Waals surface area (Å²) in [5.41, 5.74) is 0.0799. The summed E-state index contributed by atoms with van der Waals surface area (Å²) in [6, 6.07) is 3.60. The third kappa shape index (κ3) is 4.22. The molecule has 0 spiro atoms. The number of alkyl halides is 1. The Morgan fingerprint density at radius 2 is 1.96 bits per heavy atom. The second-order valence-corrected chi connectivity index (χ2v) is 8.03. The van der Waals surface area contributed by atoms with Crippen LogP contribution in [0.1, 0.15) is 65.1 Å². The van der Waals surface area contributed by atoms with Gasteiger partial charge in [-0.2, -0.15) is 0 Å². The van der Waals surface area contributed by atoms with Crippen LogP contribution in [0.5, 0.6) is 5.88 Å². The molecule has 1 amide bonds. The smallest absolute Gasteiger partial charge is 0.410 e. The highest BCUT2D eigenvalue weighted by Crippen LogP contribution is 2.38. The molecule has 1 aromatic heterocycles. The number of halogens is 1. The molecule has 4 atom stereocenters. The molecule has 2 bridgehead atoms. The molecule has 2 fully saturated rings. The van der Waals surface area contributed by atoms with Gasteiger partial charge in [0.15, 0.2) is 0 Å². The van der Waals surface area contributed by atoms with E-state index in [4.69, 9.17) is 9.47 Å². The van der Waals surface area contributed by atoms with E-state index in [9.17, 15) is 9.18 Å². The lowest BCUT2D eigenvalue weighted by molar-refractivity contribution is -0.00761. The van der Waals surface area contributed by atoms with Crippen molar-refractivity contribution in [3.8, 4) is 5.88 Å². The number of fused-ring (bicyclic) bond motifs is 2. The van der Waals surface area contributed by atoms with Gasteiger partial charge in [-0.25, -0.2) is 14.2 Å². The van der Waals surface area contributed by atoms with Crippen molar-refractivity contribution in [2.75, 3.05) is 0 Å². The van der Waals surface area contributed by atoms with E-state index in [2.05, 4.69) is 4.98 Å². The lowest BCUT2D eigenvalue weighted by Crippen LogP contribution is -2.50. The van der Waals surface area contributed by atoms with Gasteiger partial charge in [-0.05, 0) is 52.2 Å². The number of ether oxygens (including phenoxy) is 2. The van der Waals surface area contributed by atoms with E-state index in [1.807, 2.05) is 25.7 Å². The summed E-state index contributed by atoms with van der Waals surface area (Å²) in [7, 11) is 0. The Morgan fingerprint density at radius 3 is 2.52 bits per heavy atom. The Labute approximate surface area is 148 Å². The van der Waals surface area contributed by atoms with Crippen LogP contribution in [0.3, 0.4) is 0 Å². The molecule has 6 heteroatoms. The van der Waals surface area contributed by atoms with E-state index in [-0.39, 0.29) is 24.3 Å². The highest BCUT2D eigenvalue weighted by atomic mass is 19.1. The molecule has 3 heterocycles. The molecule has 0 saturated carbocycles.